The minimum absolute atomic E-state index is 0.0978. The van der Waals surface area contributed by atoms with Crippen molar-refractivity contribution in [2.24, 2.45) is 0 Å². The third-order valence-corrected chi connectivity index (χ3v) is 4.53. The van der Waals surface area contributed by atoms with Gasteiger partial charge in [0.05, 0.1) is 24.2 Å². The van der Waals surface area contributed by atoms with E-state index in [1.165, 1.54) is 11.3 Å². The Morgan fingerprint density at radius 3 is 2.24 bits per heavy atom. The second-order valence-corrected chi connectivity index (χ2v) is 5.81. The van der Waals surface area contributed by atoms with E-state index in [4.69, 9.17) is 16.9 Å². The molecule has 1 saturated heterocycles. The van der Waals surface area contributed by atoms with Crippen molar-refractivity contribution in [1.82, 2.24) is 10.2 Å². The highest BCUT2D eigenvalue weighted by atomic mass is 16.2. The van der Waals surface area contributed by atoms with E-state index in [1.807, 2.05) is 0 Å². The number of rotatable bonds is 3. The summed E-state index contributed by atoms with van der Waals surface area (Å²) >= 11 is 0. The molecule has 0 aromatic rings. The summed E-state index contributed by atoms with van der Waals surface area (Å²) in [7, 11) is 0. The first kappa shape index (κ1) is 15.4. The molecular weight excluding hydrogens is 264 g/mol. The molecule has 5 nitrogen and oxygen atoms in total. The Kier molecular flexibility index (Phi) is 4.84. The zero-order valence-corrected chi connectivity index (χ0v) is 12.1. The summed E-state index contributed by atoms with van der Waals surface area (Å²) in [4.78, 5) is 13.8. The SMILES string of the molecule is C#CC1(NCC(=O)N2[C@H](C#N)CC[C@@H]2C#N)CCCCC1. The fourth-order valence-corrected chi connectivity index (χ4v) is 3.28. The van der Waals surface area contributed by atoms with Crippen LogP contribution in [0.2, 0.25) is 0 Å². The molecule has 1 aliphatic carbocycles. The van der Waals surface area contributed by atoms with Gasteiger partial charge in [-0.15, -0.1) is 6.42 Å². The first-order chi connectivity index (χ1) is 10.2. The number of likely N-dealkylation sites (tertiary alicyclic amines) is 1. The van der Waals surface area contributed by atoms with Crippen LogP contribution in [0.5, 0.6) is 0 Å². The number of hydrogen-bond acceptors (Lipinski definition) is 4. The first-order valence-electron chi connectivity index (χ1n) is 7.49. The maximum atomic E-state index is 12.4. The lowest BCUT2D eigenvalue weighted by atomic mass is 9.82. The van der Waals surface area contributed by atoms with Gasteiger partial charge in [0.25, 0.3) is 0 Å². The van der Waals surface area contributed by atoms with Crippen molar-refractivity contribution in [1.29, 1.82) is 10.5 Å². The van der Waals surface area contributed by atoms with E-state index < -0.39 is 17.6 Å². The van der Waals surface area contributed by atoms with Gasteiger partial charge in [-0.05, 0) is 25.7 Å². The lowest BCUT2D eigenvalue weighted by Crippen LogP contribution is -2.52. The third kappa shape index (κ3) is 3.18. The van der Waals surface area contributed by atoms with Crippen molar-refractivity contribution in [3.8, 4) is 24.5 Å². The molecule has 2 rings (SSSR count). The standard InChI is InChI=1S/C16H20N4O/c1-2-16(8-4-3-5-9-16)19-12-15(21)20-13(10-17)6-7-14(20)11-18/h1,13-14,19H,3-9,12H2/t13-,14+. The van der Waals surface area contributed by atoms with Crippen LogP contribution in [0.4, 0.5) is 0 Å². The number of terminal acetylenes is 1. The molecule has 110 valence electrons. The third-order valence-electron chi connectivity index (χ3n) is 4.53. The molecular formula is C16H20N4O. The van der Waals surface area contributed by atoms with Gasteiger partial charge in [-0.3, -0.25) is 10.1 Å². The molecule has 0 unspecified atom stereocenters. The molecule has 2 aliphatic rings. The average Bonchev–Trinajstić information content (AvgIpc) is 2.96. The predicted octanol–water partition coefficient (Wildman–Crippen LogP) is 1.32. The second kappa shape index (κ2) is 6.61. The van der Waals surface area contributed by atoms with Crippen LogP contribution in [0.15, 0.2) is 0 Å². The highest BCUT2D eigenvalue weighted by molar-refractivity contribution is 5.80. The normalized spacial score (nSPS) is 27.4. The number of carbonyl (C=O) groups is 1. The fourth-order valence-electron chi connectivity index (χ4n) is 3.28. The van der Waals surface area contributed by atoms with Crippen LogP contribution >= 0.6 is 0 Å². The Morgan fingerprint density at radius 1 is 1.19 bits per heavy atom. The van der Waals surface area contributed by atoms with Gasteiger partial charge in [-0.2, -0.15) is 10.5 Å². The van der Waals surface area contributed by atoms with Crippen LogP contribution in [0.25, 0.3) is 0 Å². The van der Waals surface area contributed by atoms with Crippen LogP contribution in [0, 0.1) is 35.0 Å². The zero-order valence-electron chi connectivity index (χ0n) is 12.1. The van der Waals surface area contributed by atoms with E-state index >= 15 is 0 Å². The smallest absolute Gasteiger partial charge is 0.238 e. The Balaban J connectivity index is 1.99. The van der Waals surface area contributed by atoms with Crippen LogP contribution < -0.4 is 5.32 Å². The molecule has 1 amide bonds. The van der Waals surface area contributed by atoms with Gasteiger partial charge >= 0.3 is 0 Å². The molecule has 0 spiro atoms. The molecule has 1 heterocycles. The van der Waals surface area contributed by atoms with Gasteiger partial charge in [-0.25, -0.2) is 0 Å². The highest BCUT2D eigenvalue weighted by Crippen LogP contribution is 2.28. The molecule has 1 N–H and O–H groups in total. The summed E-state index contributed by atoms with van der Waals surface area (Å²) in [5.74, 6) is 2.60. The van der Waals surface area contributed by atoms with Gasteiger partial charge in [0, 0.05) is 0 Å². The molecule has 0 radical (unpaired) electrons. The zero-order chi connectivity index (χ0) is 15.3. The van der Waals surface area contributed by atoms with Gasteiger partial charge in [0.1, 0.15) is 12.1 Å². The molecule has 1 aliphatic heterocycles. The van der Waals surface area contributed by atoms with E-state index in [2.05, 4.69) is 23.4 Å². The van der Waals surface area contributed by atoms with Crippen molar-refractivity contribution in [2.45, 2.75) is 62.6 Å². The minimum Gasteiger partial charge on any atom is -0.310 e. The minimum atomic E-state index is -0.489. The largest absolute Gasteiger partial charge is 0.310 e. The molecule has 0 bridgehead atoms. The van der Waals surface area contributed by atoms with Crippen LogP contribution in [-0.2, 0) is 4.79 Å². The van der Waals surface area contributed by atoms with E-state index in [0.29, 0.717) is 12.8 Å². The monoisotopic (exact) mass is 284 g/mol. The van der Waals surface area contributed by atoms with Crippen LogP contribution in [0.1, 0.15) is 44.9 Å². The van der Waals surface area contributed by atoms with E-state index in [0.717, 1.165) is 25.7 Å². The number of nitriles is 2. The van der Waals surface area contributed by atoms with E-state index in [-0.39, 0.29) is 12.5 Å². The van der Waals surface area contributed by atoms with E-state index in [1.54, 1.807) is 0 Å². The molecule has 0 aromatic carbocycles. The van der Waals surface area contributed by atoms with Crippen LogP contribution in [-0.4, -0.2) is 35.0 Å². The Labute approximate surface area is 125 Å². The summed E-state index contributed by atoms with van der Waals surface area (Å²) in [5.41, 5.74) is -0.405. The Hall–Kier alpha value is -2.03. The highest BCUT2D eigenvalue weighted by Gasteiger charge is 2.38. The summed E-state index contributed by atoms with van der Waals surface area (Å²) < 4.78 is 0. The predicted molar refractivity (Wildman–Crippen MR) is 77.5 cm³/mol. The molecule has 0 aromatic heterocycles. The summed E-state index contributed by atoms with van der Waals surface area (Å²) in [6, 6.07) is 3.24. The topological polar surface area (TPSA) is 79.9 Å². The van der Waals surface area contributed by atoms with Gasteiger partial charge < -0.3 is 4.90 Å². The Bertz CT molecular complexity index is 494. The van der Waals surface area contributed by atoms with Crippen LogP contribution in [0.3, 0.4) is 0 Å². The average molecular weight is 284 g/mol. The van der Waals surface area contributed by atoms with Gasteiger partial charge in [-0.1, -0.05) is 25.2 Å². The number of hydrogen-bond donors (Lipinski definition) is 1. The number of nitrogens with one attached hydrogen (secondary N) is 1. The van der Waals surface area contributed by atoms with Crippen molar-refractivity contribution in [2.75, 3.05) is 6.54 Å². The molecule has 21 heavy (non-hydrogen) atoms. The van der Waals surface area contributed by atoms with Crippen molar-refractivity contribution < 1.29 is 4.79 Å². The summed E-state index contributed by atoms with van der Waals surface area (Å²) in [6.45, 7) is 0.0978. The summed E-state index contributed by atoms with van der Waals surface area (Å²) in [6.07, 6.45) is 11.8. The maximum absolute atomic E-state index is 12.4. The molecule has 1 saturated carbocycles. The molecule has 2 fully saturated rings. The maximum Gasteiger partial charge on any atom is 0.238 e. The lowest BCUT2D eigenvalue weighted by Gasteiger charge is -2.34. The van der Waals surface area contributed by atoms with Crippen molar-refractivity contribution in [3.63, 3.8) is 0 Å². The first-order valence-corrected chi connectivity index (χ1v) is 7.49. The lowest BCUT2D eigenvalue weighted by molar-refractivity contribution is -0.131. The number of nitrogens with zero attached hydrogens (tertiary/aromatic N) is 3. The fraction of sp³-hybridized carbons (Fsp3) is 0.688. The number of amides is 1. The summed E-state index contributed by atoms with van der Waals surface area (Å²) in [5, 5.41) is 21.4. The second-order valence-electron chi connectivity index (χ2n) is 5.81. The van der Waals surface area contributed by atoms with Gasteiger partial charge in [0.2, 0.25) is 5.91 Å². The van der Waals surface area contributed by atoms with E-state index in [9.17, 15) is 4.79 Å². The Morgan fingerprint density at radius 2 is 1.76 bits per heavy atom. The number of carbonyl (C=O) groups excluding carboxylic acids is 1. The van der Waals surface area contributed by atoms with Gasteiger partial charge in [0.15, 0.2) is 0 Å². The quantitative estimate of drug-likeness (QED) is 0.793. The van der Waals surface area contributed by atoms with Crippen molar-refractivity contribution >= 4 is 5.91 Å². The van der Waals surface area contributed by atoms with Crippen molar-refractivity contribution in [3.05, 3.63) is 0 Å². The molecule has 2 atom stereocenters. The molecule has 5 heteroatoms.